The van der Waals surface area contributed by atoms with Crippen molar-refractivity contribution in [2.75, 3.05) is 0 Å². The molecule has 13 heavy (non-hydrogen) atoms. The Balaban J connectivity index is 0. The molecule has 0 heterocycles. The van der Waals surface area contributed by atoms with Crippen LogP contribution in [0.25, 0.3) is 0 Å². The molecule has 0 amide bonds. The van der Waals surface area contributed by atoms with Crippen LogP contribution in [0.1, 0.15) is 39.5 Å². The fourth-order valence-corrected chi connectivity index (χ4v) is 6.39. The van der Waals surface area contributed by atoms with Crippen molar-refractivity contribution < 1.29 is 0 Å². The van der Waals surface area contributed by atoms with Crippen LogP contribution in [0.15, 0.2) is 0 Å². The standard InChI is InChI=1S/2C4H9.CH3NS2.Pb/c2*1-3-4-2;2-1(3)4;/h2*1,3-4H2,2H3;(H3,2,3,4);/q;;;+1/p-1. The zero-order valence-corrected chi connectivity index (χ0v) is 14.2. The topological polar surface area (TPSA) is 26.0 Å². The number of hydrogen-bond acceptors (Lipinski definition) is 2. The van der Waals surface area contributed by atoms with Gasteiger partial charge in [-0.15, -0.1) is 0 Å². The maximum atomic E-state index is 4.66. The molecule has 0 saturated heterocycles. The van der Waals surface area contributed by atoms with Crippen molar-refractivity contribution in [1.29, 1.82) is 0 Å². The van der Waals surface area contributed by atoms with Crippen LogP contribution in [0.2, 0.25) is 7.96 Å². The van der Waals surface area contributed by atoms with Crippen molar-refractivity contribution in [1.82, 2.24) is 0 Å². The fourth-order valence-electron chi connectivity index (χ4n) is 0.729. The van der Waals surface area contributed by atoms with Crippen LogP contribution in [0, 0.1) is 0 Å². The number of thiocarbonyl (C=S) groups is 1. The van der Waals surface area contributed by atoms with Gasteiger partial charge >= 0.3 is 71.7 Å². The first-order valence-electron chi connectivity index (χ1n) is 4.82. The third-order valence-electron chi connectivity index (χ3n) is 1.41. The SMILES string of the molecule is CCC[CH2][Pb+][CH2]CCC.NC(=S)[S-]. The number of hydrogen-bond donors (Lipinski definition) is 1. The molecule has 0 aliphatic rings. The summed E-state index contributed by atoms with van der Waals surface area (Å²) in [6.07, 6.45) is 5.87. The first-order chi connectivity index (χ1) is 6.15. The molecule has 77 valence electrons. The molecule has 4 heteroatoms. The zero-order valence-electron chi connectivity index (χ0n) is 8.64. The van der Waals surface area contributed by atoms with Crippen molar-refractivity contribution in [3.8, 4) is 0 Å². The van der Waals surface area contributed by atoms with E-state index >= 15 is 0 Å². The van der Waals surface area contributed by atoms with E-state index in [4.69, 9.17) is 0 Å². The van der Waals surface area contributed by atoms with Crippen LogP contribution in [0.4, 0.5) is 0 Å². The molecule has 0 aromatic carbocycles. The van der Waals surface area contributed by atoms with Gasteiger partial charge in [0.1, 0.15) is 0 Å². The van der Waals surface area contributed by atoms with Crippen LogP contribution < -0.4 is 5.73 Å². The molecule has 0 unspecified atom stereocenters. The Morgan fingerprint density at radius 1 is 1.23 bits per heavy atom. The van der Waals surface area contributed by atoms with Gasteiger partial charge in [0.15, 0.2) is 0 Å². The third kappa shape index (κ3) is 32.1. The summed E-state index contributed by atoms with van der Waals surface area (Å²) in [5, 5.41) is 0. The van der Waals surface area contributed by atoms with Gasteiger partial charge in [-0.05, 0) is 0 Å². The maximum Gasteiger partial charge on any atom is -0.0708 e. The minimum absolute atomic E-state index is 0.0390. The largest absolute Gasteiger partial charge is 0.415 e. The Labute approximate surface area is 106 Å². The summed E-state index contributed by atoms with van der Waals surface area (Å²) >= 11 is 8.22. The molecule has 0 saturated carbocycles. The van der Waals surface area contributed by atoms with Crippen molar-refractivity contribution in [3.05, 3.63) is 0 Å². The first-order valence-corrected chi connectivity index (χ1v) is 11.1. The van der Waals surface area contributed by atoms with Gasteiger partial charge in [-0.2, -0.15) is 0 Å². The van der Waals surface area contributed by atoms with Gasteiger partial charge < -0.3 is 30.6 Å². The van der Waals surface area contributed by atoms with E-state index in [2.05, 4.69) is 44.4 Å². The summed E-state index contributed by atoms with van der Waals surface area (Å²) in [6.45, 7) is 4.59. The van der Waals surface area contributed by atoms with E-state index < -0.39 is 0 Å². The molecule has 0 aliphatic heterocycles. The number of rotatable bonds is 6. The van der Waals surface area contributed by atoms with Crippen LogP contribution in [-0.2, 0) is 12.6 Å². The normalized spacial score (nSPS) is 8.46. The van der Waals surface area contributed by atoms with E-state index in [0.29, 0.717) is 0 Å². The predicted molar refractivity (Wildman–Crippen MR) is 69.3 cm³/mol. The first kappa shape index (κ1) is 16.5. The van der Waals surface area contributed by atoms with E-state index in [1.54, 1.807) is 7.96 Å². The third-order valence-corrected chi connectivity index (χ3v) is 6.91. The fraction of sp³-hybridized carbons (Fsp3) is 0.889. The Morgan fingerprint density at radius 3 is 1.77 bits per heavy atom. The zero-order chi connectivity index (χ0) is 10.5. The Kier molecular flexibility index (Phi) is 19.6. The van der Waals surface area contributed by atoms with Crippen LogP contribution in [0.5, 0.6) is 0 Å². The molecule has 0 aromatic rings. The van der Waals surface area contributed by atoms with E-state index in [1.165, 1.54) is 25.7 Å². The summed E-state index contributed by atoms with van der Waals surface area (Å²) in [5.74, 6) is 0. The minimum atomic E-state index is -0.0390. The molecular formula is C9H20NPbS2. The van der Waals surface area contributed by atoms with Crippen molar-refractivity contribution >= 4 is 53.4 Å². The Hall–Kier alpha value is 1.03. The second kappa shape index (κ2) is 15.5. The van der Waals surface area contributed by atoms with E-state index in [9.17, 15) is 0 Å². The molecule has 0 fully saturated rings. The van der Waals surface area contributed by atoms with E-state index in [-0.39, 0.29) is 28.6 Å². The average Bonchev–Trinajstić information content (AvgIpc) is 2.03. The van der Waals surface area contributed by atoms with Gasteiger partial charge in [-0.1, -0.05) is 4.32 Å². The summed E-state index contributed by atoms with van der Waals surface area (Å²) in [7, 11) is 0. The molecule has 0 rings (SSSR count). The molecule has 1 nitrogen and oxygen atoms in total. The molecule has 1 radical (unpaired) electrons. The monoisotopic (exact) mass is 414 g/mol. The average molecular weight is 414 g/mol. The van der Waals surface area contributed by atoms with Gasteiger partial charge in [0.05, 0.1) is 0 Å². The minimum Gasteiger partial charge on any atom is -0.415 e. The molecule has 0 atom stereocenters. The molecule has 0 bridgehead atoms. The summed E-state index contributed by atoms with van der Waals surface area (Å²) in [4.78, 5) is 0. The van der Waals surface area contributed by atoms with E-state index in [1.807, 2.05) is 0 Å². The molecular weight excluding hydrogens is 393 g/mol. The second-order valence-corrected chi connectivity index (χ2v) is 9.75. The van der Waals surface area contributed by atoms with Crippen LogP contribution in [-0.4, -0.2) is 28.6 Å². The quantitative estimate of drug-likeness (QED) is 0.314. The number of unbranched alkanes of at least 4 members (excludes halogenated alkanes) is 2. The second-order valence-electron chi connectivity index (χ2n) is 2.78. The Morgan fingerprint density at radius 2 is 1.54 bits per heavy atom. The van der Waals surface area contributed by atoms with Crippen molar-refractivity contribution in [2.24, 2.45) is 5.73 Å². The molecule has 0 aliphatic carbocycles. The smallest absolute Gasteiger partial charge is 0.0708 e. The molecule has 0 spiro atoms. The molecule has 2 N–H and O–H groups in total. The van der Waals surface area contributed by atoms with Crippen LogP contribution >= 0.6 is 12.2 Å². The molecule has 0 aromatic heterocycles. The summed E-state index contributed by atoms with van der Waals surface area (Å²) in [6, 6.07) is 0. The van der Waals surface area contributed by atoms with Gasteiger partial charge in [0.25, 0.3) is 0 Å². The maximum absolute atomic E-state index is 4.66. The van der Waals surface area contributed by atoms with Gasteiger partial charge in [-0.25, -0.2) is 0 Å². The van der Waals surface area contributed by atoms with E-state index in [0.717, 1.165) is 0 Å². The van der Waals surface area contributed by atoms with Crippen molar-refractivity contribution in [2.45, 2.75) is 47.5 Å². The summed E-state index contributed by atoms with van der Waals surface area (Å²) < 4.78 is 3.38. The van der Waals surface area contributed by atoms with Gasteiger partial charge in [0.2, 0.25) is 0 Å². The Bertz CT molecular complexity index is 99.8. The van der Waals surface area contributed by atoms with Gasteiger partial charge in [0, 0.05) is 0 Å². The van der Waals surface area contributed by atoms with Gasteiger partial charge in [-0.3, -0.25) is 0 Å². The van der Waals surface area contributed by atoms with Crippen molar-refractivity contribution in [3.63, 3.8) is 0 Å². The van der Waals surface area contributed by atoms with Crippen LogP contribution in [0.3, 0.4) is 0 Å². The predicted octanol–water partition coefficient (Wildman–Crippen LogP) is 2.90. The number of nitrogens with two attached hydrogens (primary N) is 1. The summed E-state index contributed by atoms with van der Waals surface area (Å²) in [5.41, 5.74) is 4.66.